The van der Waals surface area contributed by atoms with Crippen molar-refractivity contribution in [3.63, 3.8) is 0 Å². The maximum Gasteiger partial charge on any atom is 0.200 e. The van der Waals surface area contributed by atoms with Crippen LogP contribution in [-0.2, 0) is 6.54 Å². The lowest BCUT2D eigenvalue weighted by Crippen LogP contribution is -2.11. The van der Waals surface area contributed by atoms with E-state index in [0.717, 1.165) is 16.7 Å². The normalized spacial score (nSPS) is 10.5. The molecular formula is C22H20N2OS. The van der Waals surface area contributed by atoms with Gasteiger partial charge in [-0.15, -0.1) is 6.58 Å². The molecule has 26 heavy (non-hydrogen) atoms. The molecule has 3 nitrogen and oxygen atoms in total. The van der Waals surface area contributed by atoms with Gasteiger partial charge in [0.15, 0.2) is 10.6 Å². The average molecular weight is 360 g/mol. The van der Waals surface area contributed by atoms with Gasteiger partial charge in [-0.25, -0.2) is 4.98 Å². The lowest BCUT2D eigenvalue weighted by atomic mass is 9.98. The Balaban J connectivity index is 2.19. The summed E-state index contributed by atoms with van der Waals surface area (Å²) >= 11 is 5.40. The fourth-order valence-corrected chi connectivity index (χ4v) is 2.94. The van der Waals surface area contributed by atoms with E-state index in [2.05, 4.69) is 11.6 Å². The van der Waals surface area contributed by atoms with E-state index in [-0.39, 0.29) is 5.78 Å². The molecule has 0 aliphatic carbocycles. The van der Waals surface area contributed by atoms with E-state index in [1.807, 2.05) is 62.4 Å². The van der Waals surface area contributed by atoms with Crippen LogP contribution in [0.2, 0.25) is 0 Å². The maximum absolute atomic E-state index is 13.2. The second kappa shape index (κ2) is 7.58. The third-order valence-corrected chi connectivity index (χ3v) is 4.53. The van der Waals surface area contributed by atoms with Crippen LogP contribution in [0, 0.1) is 18.6 Å². The zero-order chi connectivity index (χ0) is 18.7. The van der Waals surface area contributed by atoms with Crippen LogP contribution in [0.25, 0.3) is 11.3 Å². The van der Waals surface area contributed by atoms with Crippen molar-refractivity contribution in [1.82, 2.24) is 9.55 Å². The fourth-order valence-electron chi connectivity index (χ4n) is 2.72. The quantitative estimate of drug-likeness (QED) is 0.351. The van der Waals surface area contributed by atoms with Crippen LogP contribution in [0.1, 0.15) is 27.0 Å². The van der Waals surface area contributed by atoms with E-state index >= 15 is 0 Å². The molecule has 0 unspecified atom stereocenters. The van der Waals surface area contributed by atoms with Crippen molar-refractivity contribution in [2.24, 2.45) is 0 Å². The Hall–Kier alpha value is -2.85. The molecule has 3 aromatic rings. The van der Waals surface area contributed by atoms with Crippen molar-refractivity contribution in [2.75, 3.05) is 0 Å². The van der Waals surface area contributed by atoms with E-state index in [9.17, 15) is 4.79 Å². The van der Waals surface area contributed by atoms with Gasteiger partial charge >= 0.3 is 0 Å². The predicted molar refractivity (Wildman–Crippen MR) is 108 cm³/mol. The van der Waals surface area contributed by atoms with Gasteiger partial charge in [0.2, 0.25) is 0 Å². The van der Waals surface area contributed by atoms with E-state index in [1.54, 1.807) is 16.8 Å². The van der Waals surface area contributed by atoms with Crippen LogP contribution < -0.4 is 0 Å². The van der Waals surface area contributed by atoms with Gasteiger partial charge in [-0.1, -0.05) is 65.7 Å². The summed E-state index contributed by atoms with van der Waals surface area (Å²) in [7, 11) is 0. The Morgan fingerprint density at radius 1 is 1.08 bits per heavy atom. The molecule has 0 radical (unpaired) electrons. The molecule has 3 rings (SSSR count). The molecule has 4 heteroatoms. The van der Waals surface area contributed by atoms with Gasteiger partial charge in [0, 0.05) is 23.9 Å². The first-order valence-electron chi connectivity index (χ1n) is 8.40. The molecule has 0 fully saturated rings. The molecule has 130 valence electrons. The Bertz CT molecular complexity index is 1020. The zero-order valence-electron chi connectivity index (χ0n) is 14.9. The van der Waals surface area contributed by atoms with Crippen molar-refractivity contribution in [2.45, 2.75) is 20.4 Å². The Labute approximate surface area is 158 Å². The minimum atomic E-state index is -0.0686. The Morgan fingerprint density at radius 3 is 2.23 bits per heavy atom. The largest absolute Gasteiger partial charge is 0.319 e. The Morgan fingerprint density at radius 2 is 1.65 bits per heavy atom. The first-order chi connectivity index (χ1) is 12.5. The number of carbonyl (C=O) groups excluding carboxylic acids is 1. The van der Waals surface area contributed by atoms with Crippen LogP contribution >= 0.6 is 12.2 Å². The number of rotatable bonds is 5. The summed E-state index contributed by atoms with van der Waals surface area (Å²) in [6, 6.07) is 15.5. The first-order valence-corrected chi connectivity index (χ1v) is 8.81. The molecule has 0 bridgehead atoms. The van der Waals surface area contributed by atoms with E-state index < -0.39 is 0 Å². The number of allylic oxidation sites excluding steroid dienone is 1. The highest BCUT2D eigenvalue weighted by atomic mass is 32.1. The molecule has 1 heterocycles. The van der Waals surface area contributed by atoms with Crippen molar-refractivity contribution >= 4 is 18.0 Å². The topological polar surface area (TPSA) is 34.9 Å². The SMILES string of the molecule is C=CCn1cc(C(=O)c2ccc(C)cc2)c(-c2ccc(C)cc2)nc1=S. The number of carbonyl (C=O) groups is 1. The summed E-state index contributed by atoms with van der Waals surface area (Å²) in [5.41, 5.74) is 4.92. The number of nitrogens with zero attached hydrogens (tertiary/aromatic N) is 2. The molecule has 0 amide bonds. The van der Waals surface area contributed by atoms with Gasteiger partial charge in [-0.3, -0.25) is 4.79 Å². The fraction of sp³-hybridized carbons (Fsp3) is 0.136. The molecule has 0 aliphatic heterocycles. The lowest BCUT2D eigenvalue weighted by molar-refractivity contribution is 0.103. The second-order valence-corrected chi connectivity index (χ2v) is 6.65. The van der Waals surface area contributed by atoms with Crippen molar-refractivity contribution in [3.8, 4) is 11.3 Å². The Kier molecular flexibility index (Phi) is 5.24. The second-order valence-electron chi connectivity index (χ2n) is 6.29. The maximum atomic E-state index is 13.2. The highest BCUT2D eigenvalue weighted by Gasteiger charge is 2.18. The predicted octanol–water partition coefficient (Wildman–Crippen LogP) is 5.31. The highest BCUT2D eigenvalue weighted by molar-refractivity contribution is 7.71. The molecule has 0 spiro atoms. The number of aromatic nitrogens is 2. The monoisotopic (exact) mass is 360 g/mol. The number of benzene rings is 2. The molecule has 0 N–H and O–H groups in total. The number of ketones is 1. The summed E-state index contributed by atoms with van der Waals surface area (Å²) in [4.78, 5) is 17.7. The van der Waals surface area contributed by atoms with Crippen LogP contribution in [0.4, 0.5) is 0 Å². The lowest BCUT2D eigenvalue weighted by Gasteiger charge is -2.12. The molecule has 0 aliphatic rings. The zero-order valence-corrected chi connectivity index (χ0v) is 15.7. The summed E-state index contributed by atoms with van der Waals surface area (Å²) < 4.78 is 2.20. The van der Waals surface area contributed by atoms with Gasteiger partial charge < -0.3 is 4.57 Å². The van der Waals surface area contributed by atoms with Gasteiger partial charge in [0.05, 0.1) is 11.3 Å². The smallest absolute Gasteiger partial charge is 0.200 e. The van der Waals surface area contributed by atoms with Crippen LogP contribution in [0.5, 0.6) is 0 Å². The standard InChI is InChI=1S/C22H20N2OS/c1-4-13-24-14-19(21(25)18-11-7-16(3)8-12-18)20(23-22(24)26)17-9-5-15(2)6-10-17/h4-12,14H,1,13H2,2-3H3. The third-order valence-electron chi connectivity index (χ3n) is 4.20. The van der Waals surface area contributed by atoms with Gasteiger partial charge in [-0.05, 0) is 26.1 Å². The van der Waals surface area contributed by atoms with E-state index in [0.29, 0.717) is 28.1 Å². The summed E-state index contributed by atoms with van der Waals surface area (Å²) in [6.07, 6.45) is 3.53. The number of hydrogen-bond donors (Lipinski definition) is 0. The van der Waals surface area contributed by atoms with E-state index in [1.165, 1.54) is 0 Å². The molecule has 2 aromatic carbocycles. The minimum absolute atomic E-state index is 0.0686. The summed E-state index contributed by atoms with van der Waals surface area (Å²) in [5, 5.41) is 0. The first kappa shape index (κ1) is 18.0. The third kappa shape index (κ3) is 3.70. The molecule has 0 atom stereocenters. The summed E-state index contributed by atoms with van der Waals surface area (Å²) in [5.74, 6) is -0.0686. The summed E-state index contributed by atoms with van der Waals surface area (Å²) in [6.45, 7) is 8.28. The number of hydrogen-bond acceptors (Lipinski definition) is 3. The molecule has 0 saturated carbocycles. The minimum Gasteiger partial charge on any atom is -0.319 e. The molecule has 0 saturated heterocycles. The van der Waals surface area contributed by atoms with Gasteiger partial charge in [-0.2, -0.15) is 0 Å². The van der Waals surface area contributed by atoms with Crippen molar-refractivity contribution < 1.29 is 4.79 Å². The van der Waals surface area contributed by atoms with Crippen LogP contribution in [0.3, 0.4) is 0 Å². The van der Waals surface area contributed by atoms with Crippen LogP contribution in [0.15, 0.2) is 67.4 Å². The highest BCUT2D eigenvalue weighted by Crippen LogP contribution is 2.24. The van der Waals surface area contributed by atoms with Gasteiger partial charge in [0.25, 0.3) is 0 Å². The van der Waals surface area contributed by atoms with Crippen molar-refractivity contribution in [1.29, 1.82) is 0 Å². The average Bonchev–Trinajstić information content (AvgIpc) is 2.64. The van der Waals surface area contributed by atoms with Crippen molar-refractivity contribution in [3.05, 3.63) is 94.4 Å². The molecular weight excluding hydrogens is 340 g/mol. The van der Waals surface area contributed by atoms with E-state index in [4.69, 9.17) is 12.2 Å². The van der Waals surface area contributed by atoms with Gasteiger partial charge in [0.1, 0.15) is 0 Å². The molecule has 1 aromatic heterocycles. The number of aryl methyl sites for hydroxylation is 2. The van der Waals surface area contributed by atoms with Crippen LogP contribution in [-0.4, -0.2) is 15.3 Å².